The fourth-order valence-electron chi connectivity index (χ4n) is 3.35. The number of para-hydroxylation sites is 1. The van der Waals surface area contributed by atoms with E-state index in [2.05, 4.69) is 16.8 Å². The number of primary amides is 1. The molecule has 0 radical (unpaired) electrons. The maximum atomic E-state index is 12.6. The number of carbonyl (C=O) groups excluding carboxylic acids is 2. The lowest BCUT2D eigenvalue weighted by atomic mass is 9.96. The van der Waals surface area contributed by atoms with Gasteiger partial charge in [-0.3, -0.25) is 14.2 Å². The quantitative estimate of drug-likeness (QED) is 0.522. The lowest BCUT2D eigenvalue weighted by Gasteiger charge is -2.30. The molecule has 0 unspecified atom stereocenters. The van der Waals surface area contributed by atoms with Crippen LogP contribution in [0.1, 0.15) is 12.8 Å². The van der Waals surface area contributed by atoms with Crippen LogP contribution in [0.2, 0.25) is 0 Å². The molecule has 1 aromatic heterocycles. The van der Waals surface area contributed by atoms with E-state index in [1.165, 1.54) is 11.8 Å². The van der Waals surface area contributed by atoms with Crippen molar-refractivity contribution in [1.82, 2.24) is 19.7 Å². The number of carbonyl (C=O) groups is 2. The summed E-state index contributed by atoms with van der Waals surface area (Å²) < 4.78 is 7.36. The molecule has 2 N–H and O–H groups in total. The van der Waals surface area contributed by atoms with E-state index in [-0.39, 0.29) is 23.5 Å². The molecule has 0 bridgehead atoms. The van der Waals surface area contributed by atoms with Gasteiger partial charge in [0.1, 0.15) is 5.75 Å². The van der Waals surface area contributed by atoms with Crippen molar-refractivity contribution in [3.8, 4) is 17.1 Å². The van der Waals surface area contributed by atoms with Crippen LogP contribution in [-0.4, -0.2) is 57.4 Å². The smallest absolute Gasteiger partial charge is 0.233 e. The van der Waals surface area contributed by atoms with Crippen molar-refractivity contribution in [2.24, 2.45) is 11.7 Å². The molecule has 3 rings (SSSR count). The second kappa shape index (κ2) is 9.60. The molecule has 0 atom stereocenters. The molecule has 2 aromatic rings. The van der Waals surface area contributed by atoms with Crippen molar-refractivity contribution in [3.05, 3.63) is 36.9 Å². The fourth-order valence-corrected chi connectivity index (χ4v) is 4.20. The maximum absolute atomic E-state index is 12.6. The first-order valence-electron chi connectivity index (χ1n) is 9.42. The monoisotopic (exact) mass is 415 g/mol. The Balaban J connectivity index is 1.70. The van der Waals surface area contributed by atoms with E-state index in [0.29, 0.717) is 49.2 Å². The average Bonchev–Trinajstić information content (AvgIpc) is 3.14. The summed E-state index contributed by atoms with van der Waals surface area (Å²) in [4.78, 5) is 25.7. The summed E-state index contributed by atoms with van der Waals surface area (Å²) in [6.07, 6.45) is 3.01. The minimum Gasteiger partial charge on any atom is -0.496 e. The fraction of sp³-hybridized carbons (Fsp3) is 0.400. The predicted octanol–water partition coefficient (Wildman–Crippen LogP) is 1.96. The van der Waals surface area contributed by atoms with Crippen LogP contribution in [0.3, 0.4) is 0 Å². The number of rotatable bonds is 8. The number of amides is 2. The van der Waals surface area contributed by atoms with Gasteiger partial charge in [0.05, 0.1) is 18.4 Å². The van der Waals surface area contributed by atoms with E-state index in [9.17, 15) is 9.59 Å². The van der Waals surface area contributed by atoms with E-state index in [4.69, 9.17) is 10.5 Å². The van der Waals surface area contributed by atoms with Crippen LogP contribution < -0.4 is 10.5 Å². The topological polar surface area (TPSA) is 103 Å². The number of likely N-dealkylation sites (tertiary alicyclic amines) is 1. The number of allylic oxidation sites excluding steroid dienone is 1. The van der Waals surface area contributed by atoms with Crippen molar-refractivity contribution in [3.63, 3.8) is 0 Å². The van der Waals surface area contributed by atoms with Gasteiger partial charge in [0, 0.05) is 25.6 Å². The molecular formula is C20H25N5O3S. The number of thioether (sulfide) groups is 1. The van der Waals surface area contributed by atoms with Crippen LogP contribution in [-0.2, 0) is 16.1 Å². The largest absolute Gasteiger partial charge is 0.496 e. The highest BCUT2D eigenvalue weighted by molar-refractivity contribution is 7.99. The zero-order valence-electron chi connectivity index (χ0n) is 16.4. The Morgan fingerprint density at radius 2 is 2.03 bits per heavy atom. The Hall–Kier alpha value is -2.81. The van der Waals surface area contributed by atoms with E-state index in [1.807, 2.05) is 28.8 Å². The average molecular weight is 416 g/mol. The van der Waals surface area contributed by atoms with E-state index >= 15 is 0 Å². The molecule has 2 amide bonds. The van der Waals surface area contributed by atoms with Crippen LogP contribution in [0.25, 0.3) is 11.4 Å². The van der Waals surface area contributed by atoms with Gasteiger partial charge in [0.15, 0.2) is 11.0 Å². The van der Waals surface area contributed by atoms with Crippen molar-refractivity contribution in [2.75, 3.05) is 26.0 Å². The molecule has 0 saturated carbocycles. The van der Waals surface area contributed by atoms with Gasteiger partial charge in [-0.05, 0) is 25.0 Å². The van der Waals surface area contributed by atoms with Gasteiger partial charge in [0.25, 0.3) is 0 Å². The molecule has 29 heavy (non-hydrogen) atoms. The minimum absolute atomic E-state index is 0.0184. The van der Waals surface area contributed by atoms with Crippen molar-refractivity contribution in [1.29, 1.82) is 0 Å². The number of piperidine rings is 1. The highest BCUT2D eigenvalue weighted by Gasteiger charge is 2.26. The van der Waals surface area contributed by atoms with Gasteiger partial charge in [0.2, 0.25) is 11.8 Å². The number of nitrogens with zero attached hydrogens (tertiary/aromatic N) is 4. The van der Waals surface area contributed by atoms with Crippen molar-refractivity contribution in [2.45, 2.75) is 24.5 Å². The van der Waals surface area contributed by atoms with Gasteiger partial charge >= 0.3 is 0 Å². The van der Waals surface area contributed by atoms with E-state index in [0.717, 1.165) is 5.56 Å². The van der Waals surface area contributed by atoms with Crippen molar-refractivity contribution >= 4 is 23.6 Å². The Labute approximate surface area is 174 Å². The molecule has 1 aliphatic rings. The summed E-state index contributed by atoms with van der Waals surface area (Å²) in [6, 6.07) is 7.60. The normalized spacial score (nSPS) is 14.6. The second-order valence-corrected chi connectivity index (χ2v) is 7.69. The molecule has 0 spiro atoms. The van der Waals surface area contributed by atoms with E-state index < -0.39 is 0 Å². The van der Waals surface area contributed by atoms with Gasteiger partial charge in [-0.1, -0.05) is 30.0 Å². The van der Waals surface area contributed by atoms with Gasteiger partial charge in [-0.25, -0.2) is 0 Å². The maximum Gasteiger partial charge on any atom is 0.233 e. The number of hydrogen-bond acceptors (Lipinski definition) is 6. The lowest BCUT2D eigenvalue weighted by Crippen LogP contribution is -2.42. The van der Waals surface area contributed by atoms with Crippen LogP contribution in [0.15, 0.2) is 42.1 Å². The molecule has 1 saturated heterocycles. The summed E-state index contributed by atoms with van der Waals surface area (Å²) in [5.74, 6) is 1.22. The lowest BCUT2D eigenvalue weighted by molar-refractivity contribution is -0.132. The highest BCUT2D eigenvalue weighted by Crippen LogP contribution is 2.31. The Morgan fingerprint density at radius 3 is 2.69 bits per heavy atom. The summed E-state index contributed by atoms with van der Waals surface area (Å²) in [7, 11) is 1.61. The Bertz CT molecular complexity index is 890. The summed E-state index contributed by atoms with van der Waals surface area (Å²) in [5, 5.41) is 9.25. The van der Waals surface area contributed by atoms with E-state index in [1.54, 1.807) is 18.1 Å². The third-order valence-electron chi connectivity index (χ3n) is 4.95. The molecule has 2 heterocycles. The molecule has 9 heteroatoms. The first kappa shape index (κ1) is 20.9. The Morgan fingerprint density at radius 1 is 1.31 bits per heavy atom. The van der Waals surface area contributed by atoms with Crippen molar-refractivity contribution < 1.29 is 14.3 Å². The predicted molar refractivity (Wildman–Crippen MR) is 111 cm³/mol. The third kappa shape index (κ3) is 4.79. The number of aromatic nitrogens is 3. The zero-order valence-corrected chi connectivity index (χ0v) is 17.2. The van der Waals surface area contributed by atoms with Gasteiger partial charge in [-0.15, -0.1) is 16.8 Å². The molecule has 1 aromatic carbocycles. The SMILES string of the molecule is C=CCn1c(SCC(=O)N2CCC(C(N)=O)CC2)nnc1-c1ccccc1OC. The molecule has 8 nitrogen and oxygen atoms in total. The summed E-state index contributed by atoms with van der Waals surface area (Å²) in [5.41, 5.74) is 6.19. The molecule has 154 valence electrons. The summed E-state index contributed by atoms with van der Waals surface area (Å²) in [6.45, 7) is 5.44. The van der Waals surface area contributed by atoms with Gasteiger partial charge in [-0.2, -0.15) is 0 Å². The number of benzene rings is 1. The van der Waals surface area contributed by atoms with Gasteiger partial charge < -0.3 is 15.4 Å². The number of methoxy groups -OCH3 is 1. The number of ether oxygens (including phenoxy) is 1. The van der Waals surface area contributed by atoms with Crippen LogP contribution in [0, 0.1) is 5.92 Å². The minimum atomic E-state index is -0.284. The third-order valence-corrected chi connectivity index (χ3v) is 5.90. The van der Waals surface area contributed by atoms with Crippen LogP contribution >= 0.6 is 11.8 Å². The molecular weight excluding hydrogens is 390 g/mol. The molecule has 0 aliphatic carbocycles. The zero-order chi connectivity index (χ0) is 20.8. The standard InChI is InChI=1S/C20H25N5O3S/c1-3-10-25-19(15-6-4-5-7-16(15)28-2)22-23-20(25)29-13-17(26)24-11-8-14(9-12-24)18(21)27/h3-7,14H,1,8-13H2,2H3,(H2,21,27). The van der Waals surface area contributed by atoms with Crippen LogP contribution in [0.5, 0.6) is 5.75 Å². The summed E-state index contributed by atoms with van der Waals surface area (Å²) >= 11 is 1.34. The highest BCUT2D eigenvalue weighted by atomic mass is 32.2. The first-order valence-corrected chi connectivity index (χ1v) is 10.4. The Kier molecular flexibility index (Phi) is 6.92. The first-order chi connectivity index (χ1) is 14.0. The molecule has 1 fully saturated rings. The number of hydrogen-bond donors (Lipinski definition) is 1. The second-order valence-electron chi connectivity index (χ2n) is 6.75. The molecule has 1 aliphatic heterocycles. The van der Waals surface area contributed by atoms with Crippen LogP contribution in [0.4, 0.5) is 0 Å². The number of nitrogens with two attached hydrogens (primary N) is 1.